The van der Waals surface area contributed by atoms with E-state index in [4.69, 9.17) is 4.74 Å². The Labute approximate surface area is 75.9 Å². The molecule has 1 aliphatic rings. The Balaban J connectivity index is 2.25. The molecule has 1 saturated heterocycles. The number of nitrogens with zero attached hydrogens (tertiary/aromatic N) is 1. The Morgan fingerprint density at radius 1 is 1.50 bits per heavy atom. The molecule has 2 nitrogen and oxygen atoms in total. The molecule has 0 aromatic rings. The molecule has 0 saturated carbocycles. The van der Waals surface area contributed by atoms with E-state index in [-0.39, 0.29) is 0 Å². The highest BCUT2D eigenvalue weighted by Crippen LogP contribution is 2.20. The molecule has 2 heteroatoms. The minimum absolute atomic E-state index is 0.451. The highest BCUT2D eigenvalue weighted by Gasteiger charge is 2.25. The summed E-state index contributed by atoms with van der Waals surface area (Å²) in [7, 11) is 0. The number of likely N-dealkylation sites (tertiary alicyclic amines) is 1. The molecule has 1 aliphatic heterocycles. The van der Waals surface area contributed by atoms with Crippen molar-refractivity contribution in [2.24, 2.45) is 5.92 Å². The van der Waals surface area contributed by atoms with Gasteiger partial charge in [0.25, 0.3) is 0 Å². The van der Waals surface area contributed by atoms with Crippen LogP contribution in [0.2, 0.25) is 0 Å². The smallest absolute Gasteiger partial charge is 0.0587 e. The Bertz CT molecular complexity index is 127. The summed E-state index contributed by atoms with van der Waals surface area (Å²) in [6, 6.07) is 0. The van der Waals surface area contributed by atoms with Crippen LogP contribution in [0.3, 0.4) is 0 Å². The average Bonchev–Trinajstić information content (AvgIpc) is 2.52. The van der Waals surface area contributed by atoms with Crippen LogP contribution in [-0.2, 0) is 4.74 Å². The van der Waals surface area contributed by atoms with Gasteiger partial charge in [-0.15, -0.1) is 0 Å². The molecule has 0 aliphatic carbocycles. The summed E-state index contributed by atoms with van der Waals surface area (Å²) < 4.78 is 5.59. The van der Waals surface area contributed by atoms with Crippen molar-refractivity contribution in [2.75, 3.05) is 26.2 Å². The number of hydrogen-bond donors (Lipinski definition) is 0. The second kappa shape index (κ2) is 4.83. The minimum atomic E-state index is 0.451. The second-order valence-electron chi connectivity index (χ2n) is 3.60. The second-order valence-corrected chi connectivity index (χ2v) is 3.60. The first-order valence-electron chi connectivity index (χ1n) is 5.11. The van der Waals surface area contributed by atoms with Crippen molar-refractivity contribution in [2.45, 2.75) is 33.3 Å². The summed E-state index contributed by atoms with van der Waals surface area (Å²) in [5.74, 6) is 0.768. The summed E-state index contributed by atoms with van der Waals surface area (Å²) in [6.45, 7) is 11.0. The molecular weight excluding hydrogens is 150 g/mol. The molecule has 0 aromatic heterocycles. The number of rotatable bonds is 4. The zero-order chi connectivity index (χ0) is 8.97. The monoisotopic (exact) mass is 171 g/mol. The van der Waals surface area contributed by atoms with Crippen LogP contribution in [0.1, 0.15) is 27.2 Å². The molecule has 2 atom stereocenters. The summed E-state index contributed by atoms with van der Waals surface area (Å²) >= 11 is 0. The molecule has 0 aromatic carbocycles. The van der Waals surface area contributed by atoms with Crippen LogP contribution in [0.25, 0.3) is 0 Å². The fourth-order valence-electron chi connectivity index (χ4n) is 1.93. The first-order chi connectivity index (χ1) is 5.77. The molecule has 0 bridgehead atoms. The van der Waals surface area contributed by atoms with Gasteiger partial charge in [0.2, 0.25) is 0 Å². The van der Waals surface area contributed by atoms with Crippen LogP contribution >= 0.6 is 0 Å². The lowest BCUT2D eigenvalue weighted by Crippen LogP contribution is -2.25. The Morgan fingerprint density at radius 3 is 2.75 bits per heavy atom. The third-order valence-electron chi connectivity index (χ3n) is 2.85. The zero-order valence-electron chi connectivity index (χ0n) is 8.55. The van der Waals surface area contributed by atoms with E-state index in [9.17, 15) is 0 Å². The molecular formula is C10H21NO. The summed E-state index contributed by atoms with van der Waals surface area (Å²) in [5.41, 5.74) is 0. The van der Waals surface area contributed by atoms with Gasteiger partial charge in [0.15, 0.2) is 0 Å². The van der Waals surface area contributed by atoms with E-state index < -0.39 is 0 Å². The minimum Gasteiger partial charge on any atom is -0.378 e. The van der Waals surface area contributed by atoms with Gasteiger partial charge in [-0.3, -0.25) is 0 Å². The van der Waals surface area contributed by atoms with E-state index in [0.717, 1.165) is 12.5 Å². The fourth-order valence-corrected chi connectivity index (χ4v) is 1.93. The third-order valence-corrected chi connectivity index (χ3v) is 2.85. The van der Waals surface area contributed by atoms with Crippen LogP contribution in [-0.4, -0.2) is 37.2 Å². The largest absolute Gasteiger partial charge is 0.378 e. The van der Waals surface area contributed by atoms with Crippen LogP contribution < -0.4 is 0 Å². The quantitative estimate of drug-likeness (QED) is 0.639. The van der Waals surface area contributed by atoms with E-state index in [2.05, 4.69) is 25.7 Å². The van der Waals surface area contributed by atoms with Crippen LogP contribution in [0.5, 0.6) is 0 Å². The molecule has 72 valence electrons. The number of hydrogen-bond acceptors (Lipinski definition) is 2. The standard InChI is InChI=1S/C10H21NO/c1-4-11-7-6-10(8-11)9(3)12-5-2/h9-10H,4-8H2,1-3H3/t9-,10+/m1/s1. The van der Waals surface area contributed by atoms with Crippen molar-refractivity contribution in [3.05, 3.63) is 0 Å². The fraction of sp³-hybridized carbons (Fsp3) is 1.00. The highest BCUT2D eigenvalue weighted by atomic mass is 16.5. The lowest BCUT2D eigenvalue weighted by Gasteiger charge is -2.19. The Morgan fingerprint density at radius 2 is 2.25 bits per heavy atom. The maximum atomic E-state index is 5.59. The van der Waals surface area contributed by atoms with Crippen molar-refractivity contribution in [1.29, 1.82) is 0 Å². The molecule has 0 unspecified atom stereocenters. The topological polar surface area (TPSA) is 12.5 Å². The van der Waals surface area contributed by atoms with Gasteiger partial charge in [-0.05, 0) is 39.3 Å². The van der Waals surface area contributed by atoms with Gasteiger partial charge in [0.05, 0.1) is 6.10 Å². The van der Waals surface area contributed by atoms with Crippen molar-refractivity contribution >= 4 is 0 Å². The first-order valence-corrected chi connectivity index (χ1v) is 5.11. The molecule has 12 heavy (non-hydrogen) atoms. The SMILES string of the molecule is CCO[C@H](C)[C@H]1CCN(CC)C1. The molecule has 1 fully saturated rings. The lowest BCUT2D eigenvalue weighted by molar-refractivity contribution is 0.0360. The van der Waals surface area contributed by atoms with E-state index in [0.29, 0.717) is 6.10 Å². The highest BCUT2D eigenvalue weighted by molar-refractivity contribution is 4.78. The average molecular weight is 171 g/mol. The summed E-state index contributed by atoms with van der Waals surface area (Å²) in [6.07, 6.45) is 1.76. The summed E-state index contributed by atoms with van der Waals surface area (Å²) in [5, 5.41) is 0. The maximum absolute atomic E-state index is 5.59. The molecule has 1 rings (SSSR count). The normalized spacial score (nSPS) is 27.8. The van der Waals surface area contributed by atoms with Gasteiger partial charge in [-0.1, -0.05) is 6.92 Å². The predicted molar refractivity (Wildman–Crippen MR) is 51.3 cm³/mol. The van der Waals surface area contributed by atoms with Crippen LogP contribution in [0.4, 0.5) is 0 Å². The van der Waals surface area contributed by atoms with Crippen molar-refractivity contribution < 1.29 is 4.74 Å². The van der Waals surface area contributed by atoms with Gasteiger partial charge < -0.3 is 9.64 Å². The van der Waals surface area contributed by atoms with Crippen molar-refractivity contribution in [1.82, 2.24) is 4.90 Å². The van der Waals surface area contributed by atoms with Gasteiger partial charge >= 0.3 is 0 Å². The molecule has 1 heterocycles. The number of ether oxygens (including phenoxy) is 1. The predicted octanol–water partition coefficient (Wildman–Crippen LogP) is 1.75. The van der Waals surface area contributed by atoms with Gasteiger partial charge in [0.1, 0.15) is 0 Å². The Kier molecular flexibility index (Phi) is 4.02. The van der Waals surface area contributed by atoms with Crippen LogP contribution in [0, 0.1) is 5.92 Å². The van der Waals surface area contributed by atoms with E-state index in [1.165, 1.54) is 26.1 Å². The first kappa shape index (κ1) is 10.0. The molecule has 0 spiro atoms. The molecule has 0 amide bonds. The molecule has 0 radical (unpaired) electrons. The van der Waals surface area contributed by atoms with Gasteiger partial charge in [-0.25, -0.2) is 0 Å². The summed E-state index contributed by atoms with van der Waals surface area (Å²) in [4.78, 5) is 2.50. The van der Waals surface area contributed by atoms with Gasteiger partial charge in [0, 0.05) is 13.2 Å². The third kappa shape index (κ3) is 2.46. The zero-order valence-corrected chi connectivity index (χ0v) is 8.55. The van der Waals surface area contributed by atoms with E-state index in [1.807, 2.05) is 0 Å². The van der Waals surface area contributed by atoms with Crippen molar-refractivity contribution in [3.63, 3.8) is 0 Å². The van der Waals surface area contributed by atoms with Crippen LogP contribution in [0.15, 0.2) is 0 Å². The van der Waals surface area contributed by atoms with Crippen molar-refractivity contribution in [3.8, 4) is 0 Å². The van der Waals surface area contributed by atoms with Gasteiger partial charge in [-0.2, -0.15) is 0 Å². The maximum Gasteiger partial charge on any atom is 0.0587 e. The lowest BCUT2D eigenvalue weighted by atomic mass is 10.0. The van der Waals surface area contributed by atoms with E-state index >= 15 is 0 Å². The molecule has 0 N–H and O–H groups in total. The Hall–Kier alpha value is -0.0800. The van der Waals surface area contributed by atoms with E-state index in [1.54, 1.807) is 0 Å².